The summed E-state index contributed by atoms with van der Waals surface area (Å²) in [5.74, 6) is -1.77. The van der Waals surface area contributed by atoms with Crippen LogP contribution in [-0.2, 0) is 11.2 Å². The molecule has 1 aromatic rings. The highest BCUT2D eigenvalue weighted by Gasteiger charge is 2.15. The van der Waals surface area contributed by atoms with E-state index in [1.54, 1.807) is 6.92 Å². The number of aromatic amines is 2. The molecule has 7 heteroatoms. The van der Waals surface area contributed by atoms with E-state index in [0.29, 0.717) is 19.3 Å². The number of aromatic hydroxyl groups is 1. The van der Waals surface area contributed by atoms with Gasteiger partial charge in [0.1, 0.15) is 0 Å². The van der Waals surface area contributed by atoms with Crippen molar-refractivity contribution in [2.45, 2.75) is 32.6 Å². The van der Waals surface area contributed by atoms with Crippen molar-refractivity contribution >= 4 is 5.97 Å². The lowest BCUT2D eigenvalue weighted by Crippen LogP contribution is -2.25. The number of carboxylic acids is 1. The van der Waals surface area contributed by atoms with Gasteiger partial charge in [0.05, 0.1) is 11.5 Å². The van der Waals surface area contributed by atoms with E-state index in [1.807, 2.05) is 4.98 Å². The molecule has 4 N–H and O–H groups in total. The van der Waals surface area contributed by atoms with Crippen LogP contribution in [0, 0.1) is 5.92 Å². The molecule has 0 fully saturated rings. The Balaban J connectivity index is 2.68. The first kappa shape index (κ1) is 14.0. The van der Waals surface area contributed by atoms with Gasteiger partial charge in [-0.2, -0.15) is 0 Å². The summed E-state index contributed by atoms with van der Waals surface area (Å²) in [5.41, 5.74) is -1.33. The maximum atomic E-state index is 11.4. The molecule has 0 unspecified atom stereocenters. The first-order chi connectivity index (χ1) is 8.45. The predicted octanol–water partition coefficient (Wildman–Crippen LogP) is 0.202. The fourth-order valence-electron chi connectivity index (χ4n) is 1.76. The highest BCUT2D eigenvalue weighted by atomic mass is 16.4. The van der Waals surface area contributed by atoms with E-state index in [-0.39, 0.29) is 12.0 Å². The van der Waals surface area contributed by atoms with E-state index >= 15 is 0 Å². The molecule has 0 spiro atoms. The Morgan fingerprint density at radius 3 is 2.50 bits per heavy atom. The number of carbonyl (C=O) groups is 1. The van der Waals surface area contributed by atoms with Gasteiger partial charge >= 0.3 is 11.7 Å². The molecule has 0 bridgehead atoms. The zero-order chi connectivity index (χ0) is 13.7. The number of aliphatic carboxylic acids is 1. The second kappa shape index (κ2) is 6.04. The highest BCUT2D eigenvalue weighted by molar-refractivity contribution is 5.69. The van der Waals surface area contributed by atoms with Crippen molar-refractivity contribution in [3.63, 3.8) is 0 Å². The van der Waals surface area contributed by atoms with Crippen LogP contribution in [0.3, 0.4) is 0 Å². The van der Waals surface area contributed by atoms with Crippen molar-refractivity contribution in [2.75, 3.05) is 0 Å². The third-order valence-electron chi connectivity index (χ3n) is 2.84. The molecule has 18 heavy (non-hydrogen) atoms. The first-order valence-electron chi connectivity index (χ1n) is 5.73. The molecule has 1 atom stereocenters. The number of aromatic nitrogens is 2. The SMILES string of the molecule is CC[C@H](CCCc1c(O)[nH]c(=O)[nH]c1=O)C(=O)O. The van der Waals surface area contributed by atoms with Crippen molar-refractivity contribution < 1.29 is 15.0 Å². The number of hydrogen-bond acceptors (Lipinski definition) is 4. The van der Waals surface area contributed by atoms with Crippen molar-refractivity contribution in [1.29, 1.82) is 0 Å². The quantitative estimate of drug-likeness (QED) is 0.579. The molecule has 0 saturated carbocycles. The van der Waals surface area contributed by atoms with Crippen molar-refractivity contribution in [1.82, 2.24) is 9.97 Å². The van der Waals surface area contributed by atoms with Gasteiger partial charge in [0, 0.05) is 0 Å². The second-order valence-corrected chi connectivity index (χ2v) is 4.07. The van der Waals surface area contributed by atoms with Gasteiger partial charge in [0.25, 0.3) is 5.56 Å². The molecule has 0 aliphatic heterocycles. The maximum absolute atomic E-state index is 11.4. The summed E-state index contributed by atoms with van der Waals surface area (Å²) in [6.07, 6.45) is 1.61. The largest absolute Gasteiger partial charge is 0.494 e. The van der Waals surface area contributed by atoms with Crippen LogP contribution in [0.2, 0.25) is 0 Å². The first-order valence-corrected chi connectivity index (χ1v) is 5.73. The zero-order valence-electron chi connectivity index (χ0n) is 10.0. The van der Waals surface area contributed by atoms with Gasteiger partial charge in [-0.1, -0.05) is 6.92 Å². The van der Waals surface area contributed by atoms with E-state index in [1.165, 1.54) is 0 Å². The van der Waals surface area contributed by atoms with E-state index in [4.69, 9.17) is 5.11 Å². The molecular formula is C11H16N2O5. The van der Waals surface area contributed by atoms with Gasteiger partial charge in [0.2, 0.25) is 5.88 Å². The Hall–Kier alpha value is -2.05. The van der Waals surface area contributed by atoms with Crippen molar-refractivity contribution in [3.05, 3.63) is 26.4 Å². The Labute approximate surface area is 102 Å². The number of nitrogens with one attached hydrogen (secondary N) is 2. The average Bonchev–Trinajstić information content (AvgIpc) is 2.26. The number of rotatable bonds is 6. The Morgan fingerprint density at radius 2 is 2.00 bits per heavy atom. The number of H-pyrrole nitrogens is 2. The lowest BCUT2D eigenvalue weighted by molar-refractivity contribution is -0.142. The maximum Gasteiger partial charge on any atom is 0.328 e. The summed E-state index contributed by atoms with van der Waals surface area (Å²) in [7, 11) is 0. The molecule has 100 valence electrons. The fourth-order valence-corrected chi connectivity index (χ4v) is 1.76. The number of hydrogen-bond donors (Lipinski definition) is 4. The molecule has 0 aliphatic carbocycles. The van der Waals surface area contributed by atoms with E-state index in [0.717, 1.165) is 0 Å². The van der Waals surface area contributed by atoms with Crippen LogP contribution in [0.5, 0.6) is 5.88 Å². The minimum atomic E-state index is -0.864. The molecule has 0 amide bonds. The Bertz CT molecular complexity index is 531. The molecule has 1 aromatic heterocycles. The van der Waals surface area contributed by atoms with Gasteiger partial charge in [0.15, 0.2) is 0 Å². The summed E-state index contributed by atoms with van der Waals surface area (Å²) in [4.78, 5) is 37.1. The minimum Gasteiger partial charge on any atom is -0.494 e. The van der Waals surface area contributed by atoms with Gasteiger partial charge in [-0.05, 0) is 25.7 Å². The van der Waals surface area contributed by atoms with Crippen LogP contribution in [0.15, 0.2) is 9.59 Å². The lowest BCUT2D eigenvalue weighted by atomic mass is 9.98. The summed E-state index contributed by atoms with van der Waals surface area (Å²) in [6.45, 7) is 1.78. The standard InChI is InChI=1S/C11H16N2O5/c1-2-6(10(16)17)4-3-5-7-8(14)12-11(18)13-9(7)15/h6H,2-5H2,1H3,(H,16,17)(H3,12,13,14,15,18)/t6-/m1/s1. The second-order valence-electron chi connectivity index (χ2n) is 4.07. The molecule has 7 nitrogen and oxygen atoms in total. The zero-order valence-corrected chi connectivity index (χ0v) is 10.0. The van der Waals surface area contributed by atoms with E-state index in [2.05, 4.69) is 4.98 Å². The predicted molar refractivity (Wildman–Crippen MR) is 63.7 cm³/mol. The minimum absolute atomic E-state index is 0.0786. The average molecular weight is 256 g/mol. The number of carboxylic acid groups (broad SMARTS) is 1. The van der Waals surface area contributed by atoms with Crippen LogP contribution >= 0.6 is 0 Å². The van der Waals surface area contributed by atoms with Crippen LogP contribution < -0.4 is 11.2 Å². The fraction of sp³-hybridized carbons (Fsp3) is 0.545. The van der Waals surface area contributed by atoms with Crippen LogP contribution in [0.25, 0.3) is 0 Å². The van der Waals surface area contributed by atoms with E-state index < -0.39 is 29.0 Å². The van der Waals surface area contributed by atoms with Crippen LogP contribution in [0.1, 0.15) is 31.7 Å². The summed E-state index contributed by atoms with van der Waals surface area (Å²) < 4.78 is 0. The molecular weight excluding hydrogens is 240 g/mol. The topological polar surface area (TPSA) is 123 Å². The van der Waals surface area contributed by atoms with Crippen molar-refractivity contribution in [2.24, 2.45) is 5.92 Å². The molecule has 1 heterocycles. The van der Waals surface area contributed by atoms with Crippen molar-refractivity contribution in [3.8, 4) is 5.88 Å². The molecule has 0 radical (unpaired) electrons. The summed E-state index contributed by atoms with van der Waals surface area (Å²) >= 11 is 0. The molecule has 0 saturated heterocycles. The molecule has 1 rings (SSSR count). The van der Waals surface area contributed by atoms with E-state index in [9.17, 15) is 19.5 Å². The monoisotopic (exact) mass is 256 g/mol. The van der Waals surface area contributed by atoms with Crippen LogP contribution in [0.4, 0.5) is 0 Å². The van der Waals surface area contributed by atoms with Gasteiger partial charge < -0.3 is 10.2 Å². The normalized spacial score (nSPS) is 12.3. The third-order valence-corrected chi connectivity index (χ3v) is 2.84. The van der Waals surface area contributed by atoms with Gasteiger partial charge in [-0.3, -0.25) is 19.6 Å². The Morgan fingerprint density at radius 1 is 1.33 bits per heavy atom. The molecule has 0 aliphatic rings. The Kier molecular flexibility index (Phi) is 4.70. The highest BCUT2D eigenvalue weighted by Crippen LogP contribution is 2.15. The summed E-state index contributed by atoms with van der Waals surface area (Å²) in [6, 6.07) is 0. The summed E-state index contributed by atoms with van der Waals surface area (Å²) in [5, 5.41) is 18.3. The smallest absolute Gasteiger partial charge is 0.328 e. The van der Waals surface area contributed by atoms with Gasteiger partial charge in [-0.25, -0.2) is 4.79 Å². The van der Waals surface area contributed by atoms with Crippen LogP contribution in [-0.4, -0.2) is 26.2 Å². The molecule has 0 aromatic carbocycles. The lowest BCUT2D eigenvalue weighted by Gasteiger charge is -2.09. The van der Waals surface area contributed by atoms with Gasteiger partial charge in [-0.15, -0.1) is 0 Å². The third kappa shape index (κ3) is 3.47.